The first kappa shape index (κ1) is 10.2. The highest BCUT2D eigenvalue weighted by Gasteiger charge is 2.04. The molecule has 0 aliphatic carbocycles. The van der Waals surface area contributed by atoms with Crippen molar-refractivity contribution in [2.24, 2.45) is 0 Å². The Bertz CT molecular complexity index is 249. The number of rotatable bonds is 4. The van der Waals surface area contributed by atoms with Gasteiger partial charge in [-0.3, -0.25) is 0 Å². The van der Waals surface area contributed by atoms with E-state index < -0.39 is 0 Å². The van der Waals surface area contributed by atoms with E-state index in [9.17, 15) is 0 Å². The van der Waals surface area contributed by atoms with Crippen molar-refractivity contribution in [2.75, 3.05) is 18.5 Å². The molecule has 1 heterocycles. The van der Waals surface area contributed by atoms with E-state index in [0.717, 1.165) is 0 Å². The van der Waals surface area contributed by atoms with Crippen LogP contribution in [0.25, 0.3) is 0 Å². The third-order valence-electron chi connectivity index (χ3n) is 1.52. The second kappa shape index (κ2) is 5.01. The zero-order chi connectivity index (χ0) is 9.68. The molecule has 0 bridgehead atoms. The van der Waals surface area contributed by atoms with Gasteiger partial charge in [0, 0.05) is 6.20 Å². The van der Waals surface area contributed by atoms with Crippen molar-refractivity contribution in [3.8, 4) is 0 Å². The number of aliphatic hydroxyl groups is 2. The average molecular weight is 203 g/mol. The summed E-state index contributed by atoms with van der Waals surface area (Å²) in [5.74, 6) is 0.581. The normalized spacial score (nSPS) is 10.5. The smallest absolute Gasteiger partial charge is 0.126 e. The molecule has 13 heavy (non-hydrogen) atoms. The maximum atomic E-state index is 8.77. The number of aliphatic hydroxyl groups excluding tert-OH is 2. The second-order valence-corrected chi connectivity index (χ2v) is 3.00. The van der Waals surface area contributed by atoms with E-state index in [1.165, 1.54) is 6.20 Å². The highest BCUT2D eigenvalue weighted by Crippen LogP contribution is 2.10. The van der Waals surface area contributed by atoms with Gasteiger partial charge in [-0.15, -0.1) is 0 Å². The zero-order valence-electron chi connectivity index (χ0n) is 6.94. The van der Waals surface area contributed by atoms with Crippen LogP contribution in [0.2, 0.25) is 5.02 Å². The zero-order valence-corrected chi connectivity index (χ0v) is 7.70. The van der Waals surface area contributed by atoms with Gasteiger partial charge in [-0.2, -0.15) is 0 Å². The summed E-state index contributed by atoms with van der Waals surface area (Å²) in [5.41, 5.74) is 0. The van der Waals surface area contributed by atoms with Gasteiger partial charge in [0.05, 0.1) is 24.3 Å². The SMILES string of the molecule is OCC(CO)Nc1ccc(Cl)cn1. The molecule has 0 spiro atoms. The molecular formula is C8H11ClN2O2. The molecule has 5 heteroatoms. The first-order valence-corrected chi connectivity index (χ1v) is 4.24. The van der Waals surface area contributed by atoms with Gasteiger partial charge >= 0.3 is 0 Å². The number of nitrogens with one attached hydrogen (secondary N) is 1. The fourth-order valence-electron chi connectivity index (χ4n) is 0.819. The molecule has 0 radical (unpaired) electrons. The predicted molar refractivity (Wildman–Crippen MR) is 50.8 cm³/mol. The molecule has 1 aromatic heterocycles. The van der Waals surface area contributed by atoms with Crippen LogP contribution < -0.4 is 5.32 Å². The lowest BCUT2D eigenvalue weighted by Gasteiger charge is -2.13. The molecule has 0 atom stereocenters. The summed E-state index contributed by atoms with van der Waals surface area (Å²) in [6.07, 6.45) is 1.50. The highest BCUT2D eigenvalue weighted by atomic mass is 35.5. The van der Waals surface area contributed by atoms with E-state index in [1.54, 1.807) is 12.1 Å². The van der Waals surface area contributed by atoms with Crippen molar-refractivity contribution < 1.29 is 10.2 Å². The van der Waals surface area contributed by atoms with Crippen molar-refractivity contribution in [3.05, 3.63) is 23.4 Å². The molecule has 4 nitrogen and oxygen atoms in total. The van der Waals surface area contributed by atoms with Gasteiger partial charge in [-0.05, 0) is 12.1 Å². The molecular weight excluding hydrogens is 192 g/mol. The number of nitrogens with zero attached hydrogens (tertiary/aromatic N) is 1. The first-order chi connectivity index (χ1) is 6.26. The topological polar surface area (TPSA) is 65.4 Å². The third-order valence-corrected chi connectivity index (χ3v) is 1.74. The highest BCUT2D eigenvalue weighted by molar-refractivity contribution is 6.30. The summed E-state index contributed by atoms with van der Waals surface area (Å²) in [6.45, 7) is -0.276. The summed E-state index contributed by atoms with van der Waals surface area (Å²) in [4.78, 5) is 3.95. The second-order valence-electron chi connectivity index (χ2n) is 2.57. The summed E-state index contributed by atoms with van der Waals surface area (Å²) in [7, 11) is 0. The van der Waals surface area contributed by atoms with Crippen LogP contribution in [-0.4, -0.2) is 34.5 Å². The van der Waals surface area contributed by atoms with Crippen molar-refractivity contribution >= 4 is 17.4 Å². The van der Waals surface area contributed by atoms with Gasteiger partial charge in [-0.25, -0.2) is 4.98 Å². The Hall–Kier alpha value is -0.840. The molecule has 1 aromatic rings. The molecule has 0 unspecified atom stereocenters. The minimum absolute atomic E-state index is 0.138. The molecule has 72 valence electrons. The van der Waals surface area contributed by atoms with E-state index >= 15 is 0 Å². The van der Waals surface area contributed by atoms with Gasteiger partial charge in [0.2, 0.25) is 0 Å². The van der Waals surface area contributed by atoms with E-state index in [1.807, 2.05) is 0 Å². The summed E-state index contributed by atoms with van der Waals surface area (Å²) in [6, 6.07) is 2.98. The molecule has 0 saturated heterocycles. The summed E-state index contributed by atoms with van der Waals surface area (Å²) < 4.78 is 0. The van der Waals surface area contributed by atoms with E-state index in [0.29, 0.717) is 10.8 Å². The number of anilines is 1. The van der Waals surface area contributed by atoms with Crippen LogP contribution >= 0.6 is 11.6 Å². The van der Waals surface area contributed by atoms with Gasteiger partial charge in [0.25, 0.3) is 0 Å². The molecule has 0 fully saturated rings. The standard InChI is InChI=1S/C8H11ClN2O2/c9-6-1-2-8(10-3-6)11-7(4-12)5-13/h1-3,7,12-13H,4-5H2,(H,10,11). The van der Waals surface area contributed by atoms with Crippen LogP contribution in [0, 0.1) is 0 Å². The molecule has 0 aliphatic heterocycles. The lowest BCUT2D eigenvalue weighted by molar-refractivity contribution is 0.203. The molecule has 1 rings (SSSR count). The van der Waals surface area contributed by atoms with Crippen LogP contribution in [0.15, 0.2) is 18.3 Å². The Labute approximate surface area is 81.2 Å². The Kier molecular flexibility index (Phi) is 3.95. The number of hydrogen-bond donors (Lipinski definition) is 3. The molecule has 0 amide bonds. The van der Waals surface area contributed by atoms with Gasteiger partial charge < -0.3 is 15.5 Å². The van der Waals surface area contributed by atoms with E-state index in [-0.39, 0.29) is 19.3 Å². The van der Waals surface area contributed by atoms with Crippen LogP contribution in [-0.2, 0) is 0 Å². The van der Waals surface area contributed by atoms with E-state index in [2.05, 4.69) is 10.3 Å². The lowest BCUT2D eigenvalue weighted by Crippen LogP contribution is -2.27. The first-order valence-electron chi connectivity index (χ1n) is 3.86. The van der Waals surface area contributed by atoms with Crippen molar-refractivity contribution in [2.45, 2.75) is 6.04 Å². The van der Waals surface area contributed by atoms with Crippen LogP contribution in [0.4, 0.5) is 5.82 Å². The van der Waals surface area contributed by atoms with Crippen LogP contribution in [0.5, 0.6) is 0 Å². The maximum absolute atomic E-state index is 8.77. The Morgan fingerprint density at radius 3 is 2.54 bits per heavy atom. The predicted octanol–water partition coefficient (Wildman–Crippen LogP) is 0.500. The fraction of sp³-hybridized carbons (Fsp3) is 0.375. The van der Waals surface area contributed by atoms with Crippen LogP contribution in [0.1, 0.15) is 0 Å². The Balaban J connectivity index is 2.58. The number of hydrogen-bond acceptors (Lipinski definition) is 4. The molecule has 0 aliphatic rings. The van der Waals surface area contributed by atoms with Gasteiger partial charge in [0.1, 0.15) is 5.82 Å². The molecule has 0 aromatic carbocycles. The summed E-state index contributed by atoms with van der Waals surface area (Å²) >= 11 is 5.63. The minimum Gasteiger partial charge on any atom is -0.394 e. The van der Waals surface area contributed by atoms with Crippen molar-refractivity contribution in [3.63, 3.8) is 0 Å². The van der Waals surface area contributed by atoms with Crippen molar-refractivity contribution in [1.29, 1.82) is 0 Å². The monoisotopic (exact) mass is 202 g/mol. The summed E-state index contributed by atoms with van der Waals surface area (Å²) in [5, 5.41) is 20.9. The van der Waals surface area contributed by atoms with Crippen LogP contribution in [0.3, 0.4) is 0 Å². The Morgan fingerprint density at radius 1 is 1.38 bits per heavy atom. The minimum atomic E-state index is -0.381. The maximum Gasteiger partial charge on any atom is 0.126 e. The van der Waals surface area contributed by atoms with E-state index in [4.69, 9.17) is 21.8 Å². The fourth-order valence-corrected chi connectivity index (χ4v) is 0.931. The lowest BCUT2D eigenvalue weighted by atomic mass is 10.3. The third kappa shape index (κ3) is 3.18. The quantitative estimate of drug-likeness (QED) is 0.666. The number of halogens is 1. The average Bonchev–Trinajstić information content (AvgIpc) is 2.17. The number of pyridine rings is 1. The van der Waals surface area contributed by atoms with Crippen molar-refractivity contribution in [1.82, 2.24) is 4.98 Å². The molecule has 3 N–H and O–H groups in total. The Morgan fingerprint density at radius 2 is 2.08 bits per heavy atom. The number of aromatic nitrogens is 1. The van der Waals surface area contributed by atoms with Gasteiger partial charge in [-0.1, -0.05) is 11.6 Å². The van der Waals surface area contributed by atoms with Gasteiger partial charge in [0.15, 0.2) is 0 Å². The largest absolute Gasteiger partial charge is 0.394 e. The molecule has 0 saturated carbocycles.